The van der Waals surface area contributed by atoms with E-state index < -0.39 is 0 Å². The van der Waals surface area contributed by atoms with Crippen molar-refractivity contribution in [2.75, 3.05) is 27.9 Å². The van der Waals surface area contributed by atoms with Gasteiger partial charge in [0.1, 0.15) is 18.1 Å². The van der Waals surface area contributed by atoms with Crippen molar-refractivity contribution in [1.29, 1.82) is 0 Å². The van der Waals surface area contributed by atoms with E-state index in [1.165, 1.54) is 7.11 Å². The van der Waals surface area contributed by atoms with Crippen LogP contribution < -0.4 is 23.7 Å². The molecule has 0 spiro atoms. The van der Waals surface area contributed by atoms with Crippen molar-refractivity contribution >= 4 is 12.0 Å². The Morgan fingerprint density at radius 2 is 1.78 bits per heavy atom. The number of rotatable bonds is 4. The molecule has 2 aliphatic rings. The second-order valence-corrected chi connectivity index (χ2v) is 6.33. The van der Waals surface area contributed by atoms with Crippen LogP contribution in [-0.4, -0.2) is 33.9 Å². The van der Waals surface area contributed by atoms with Crippen molar-refractivity contribution in [3.05, 3.63) is 47.0 Å². The van der Waals surface area contributed by atoms with Crippen LogP contribution in [0, 0.1) is 0 Å². The quantitative estimate of drug-likeness (QED) is 0.607. The van der Waals surface area contributed by atoms with E-state index in [0.29, 0.717) is 29.6 Å². The van der Waals surface area contributed by atoms with Gasteiger partial charge in [0.2, 0.25) is 5.75 Å². The Kier molecular flexibility index (Phi) is 4.39. The molecular weight excluding hydrogens is 348 g/mol. The lowest BCUT2D eigenvalue weighted by molar-refractivity contribution is -0.135. The third kappa shape index (κ3) is 2.87. The van der Waals surface area contributed by atoms with E-state index in [1.54, 1.807) is 20.3 Å². The fraction of sp³-hybridized carbons (Fsp3) is 0.286. The number of carbonyl (C=O) groups is 1. The molecule has 0 aromatic heterocycles. The maximum Gasteiger partial charge on any atom is 0.312 e. The molecule has 2 heterocycles. The standard InChI is InChI=1S/C21H20O6/c1-23-17-10-16-19(21(25-3)20(17)24-2)14(9-18(22)27-16)13-8-12-6-4-5-7-15(12)26-11-13/h4-8,10,14H,9,11H2,1-3H3/t14-/m1/s1. The molecule has 6 heteroatoms. The highest BCUT2D eigenvalue weighted by atomic mass is 16.5. The van der Waals surface area contributed by atoms with Crippen LogP contribution in [0.15, 0.2) is 35.9 Å². The van der Waals surface area contributed by atoms with E-state index in [1.807, 2.05) is 24.3 Å². The molecule has 0 radical (unpaired) electrons. The minimum absolute atomic E-state index is 0.205. The number of methoxy groups -OCH3 is 3. The van der Waals surface area contributed by atoms with Crippen LogP contribution in [0.2, 0.25) is 0 Å². The highest BCUT2D eigenvalue weighted by Crippen LogP contribution is 2.53. The fourth-order valence-corrected chi connectivity index (χ4v) is 3.65. The maximum atomic E-state index is 12.3. The first-order valence-electron chi connectivity index (χ1n) is 8.62. The van der Waals surface area contributed by atoms with Gasteiger partial charge in [-0.05, 0) is 17.7 Å². The molecular formula is C21H20O6. The van der Waals surface area contributed by atoms with Gasteiger partial charge in [0.05, 0.1) is 27.8 Å². The predicted molar refractivity (Wildman–Crippen MR) is 99.0 cm³/mol. The van der Waals surface area contributed by atoms with Crippen LogP contribution in [0.25, 0.3) is 6.08 Å². The molecule has 2 aliphatic heterocycles. The molecule has 2 aromatic rings. The molecule has 0 saturated carbocycles. The van der Waals surface area contributed by atoms with E-state index >= 15 is 0 Å². The average molecular weight is 368 g/mol. The van der Waals surface area contributed by atoms with Crippen LogP contribution in [0.4, 0.5) is 0 Å². The molecule has 0 amide bonds. The molecule has 0 fully saturated rings. The summed E-state index contributed by atoms with van der Waals surface area (Å²) in [6.45, 7) is 0.395. The number of fused-ring (bicyclic) bond motifs is 2. The number of benzene rings is 2. The normalized spacial score (nSPS) is 17.7. The monoisotopic (exact) mass is 368 g/mol. The second-order valence-electron chi connectivity index (χ2n) is 6.33. The summed E-state index contributed by atoms with van der Waals surface area (Å²) in [5.74, 6) is 2.14. The van der Waals surface area contributed by atoms with Gasteiger partial charge in [-0.25, -0.2) is 0 Å². The van der Waals surface area contributed by atoms with Crippen LogP contribution in [0.5, 0.6) is 28.7 Å². The molecule has 6 nitrogen and oxygen atoms in total. The van der Waals surface area contributed by atoms with Gasteiger partial charge >= 0.3 is 5.97 Å². The first kappa shape index (κ1) is 17.3. The minimum Gasteiger partial charge on any atom is -0.493 e. The Bertz CT molecular complexity index is 931. The van der Waals surface area contributed by atoms with E-state index in [2.05, 4.69) is 6.08 Å². The molecule has 27 heavy (non-hydrogen) atoms. The highest BCUT2D eigenvalue weighted by molar-refractivity contribution is 5.81. The molecule has 0 bridgehead atoms. The van der Waals surface area contributed by atoms with Gasteiger partial charge in [-0.15, -0.1) is 0 Å². The zero-order valence-corrected chi connectivity index (χ0v) is 15.4. The zero-order valence-electron chi connectivity index (χ0n) is 15.4. The first-order chi connectivity index (χ1) is 13.2. The van der Waals surface area contributed by atoms with Gasteiger partial charge in [-0.2, -0.15) is 0 Å². The van der Waals surface area contributed by atoms with Gasteiger partial charge in [0.15, 0.2) is 11.5 Å². The van der Waals surface area contributed by atoms with E-state index in [4.69, 9.17) is 23.7 Å². The van der Waals surface area contributed by atoms with Gasteiger partial charge in [-0.3, -0.25) is 4.79 Å². The molecule has 0 aliphatic carbocycles. The molecule has 0 unspecified atom stereocenters. The maximum absolute atomic E-state index is 12.3. The summed E-state index contributed by atoms with van der Waals surface area (Å²) in [4.78, 5) is 12.3. The summed E-state index contributed by atoms with van der Waals surface area (Å²) < 4.78 is 27.9. The Labute approximate surface area is 157 Å². The summed E-state index contributed by atoms with van der Waals surface area (Å²) in [5.41, 5.74) is 2.74. The number of hydrogen-bond acceptors (Lipinski definition) is 6. The molecule has 0 N–H and O–H groups in total. The van der Waals surface area contributed by atoms with Crippen molar-refractivity contribution in [3.63, 3.8) is 0 Å². The van der Waals surface area contributed by atoms with Crippen LogP contribution in [0.1, 0.15) is 23.5 Å². The average Bonchev–Trinajstić information content (AvgIpc) is 2.71. The molecule has 4 rings (SSSR count). The Hall–Kier alpha value is -3.15. The number of carbonyl (C=O) groups excluding carboxylic acids is 1. The molecule has 1 atom stereocenters. The third-order valence-corrected chi connectivity index (χ3v) is 4.88. The van der Waals surface area contributed by atoms with Crippen LogP contribution in [-0.2, 0) is 4.79 Å². The van der Waals surface area contributed by atoms with E-state index in [0.717, 1.165) is 22.4 Å². The molecule has 0 saturated heterocycles. The lowest BCUT2D eigenvalue weighted by Gasteiger charge is -2.31. The van der Waals surface area contributed by atoms with Gasteiger partial charge < -0.3 is 23.7 Å². The van der Waals surface area contributed by atoms with Gasteiger partial charge in [0.25, 0.3) is 0 Å². The summed E-state index contributed by atoms with van der Waals surface area (Å²) in [7, 11) is 4.64. The van der Waals surface area contributed by atoms with Crippen molar-refractivity contribution in [2.45, 2.75) is 12.3 Å². The predicted octanol–water partition coefficient (Wildman–Crippen LogP) is 3.58. The SMILES string of the molecule is COc1cc2c(c(OC)c1OC)[C@@H](C1=Cc3ccccc3OC1)CC(=O)O2. The Morgan fingerprint density at radius 3 is 2.52 bits per heavy atom. The number of ether oxygens (including phenoxy) is 5. The number of para-hydroxylation sites is 1. The summed E-state index contributed by atoms with van der Waals surface area (Å²) in [6.07, 6.45) is 2.28. The van der Waals surface area contributed by atoms with Crippen molar-refractivity contribution in [2.24, 2.45) is 0 Å². The Morgan fingerprint density at radius 1 is 1.00 bits per heavy atom. The van der Waals surface area contributed by atoms with Crippen LogP contribution in [0.3, 0.4) is 0 Å². The Balaban J connectivity index is 1.88. The fourth-order valence-electron chi connectivity index (χ4n) is 3.65. The van der Waals surface area contributed by atoms with Gasteiger partial charge in [0, 0.05) is 23.1 Å². The lowest BCUT2D eigenvalue weighted by atomic mass is 9.83. The van der Waals surface area contributed by atoms with E-state index in [9.17, 15) is 4.79 Å². The number of esters is 1. The highest BCUT2D eigenvalue weighted by Gasteiger charge is 2.37. The zero-order chi connectivity index (χ0) is 19.0. The smallest absolute Gasteiger partial charge is 0.312 e. The first-order valence-corrected chi connectivity index (χ1v) is 8.62. The number of hydrogen-bond donors (Lipinski definition) is 0. The second kappa shape index (κ2) is 6.87. The molecule has 140 valence electrons. The van der Waals surface area contributed by atoms with Crippen LogP contribution >= 0.6 is 0 Å². The summed E-state index contributed by atoms with van der Waals surface area (Å²) >= 11 is 0. The van der Waals surface area contributed by atoms with Crippen molar-refractivity contribution < 1.29 is 28.5 Å². The van der Waals surface area contributed by atoms with Gasteiger partial charge in [-0.1, -0.05) is 18.2 Å². The van der Waals surface area contributed by atoms with E-state index in [-0.39, 0.29) is 18.3 Å². The summed E-state index contributed by atoms with van der Waals surface area (Å²) in [6, 6.07) is 9.48. The minimum atomic E-state index is -0.304. The topological polar surface area (TPSA) is 63.2 Å². The van der Waals surface area contributed by atoms with Crippen molar-refractivity contribution in [1.82, 2.24) is 0 Å². The lowest BCUT2D eigenvalue weighted by Crippen LogP contribution is -2.25. The van der Waals surface area contributed by atoms with Crippen molar-refractivity contribution in [3.8, 4) is 28.7 Å². The third-order valence-electron chi connectivity index (χ3n) is 4.88. The summed E-state index contributed by atoms with van der Waals surface area (Å²) in [5, 5.41) is 0. The molecule has 2 aromatic carbocycles. The largest absolute Gasteiger partial charge is 0.493 e.